The molecule has 1 aliphatic rings. The Bertz CT molecular complexity index is 427. The summed E-state index contributed by atoms with van der Waals surface area (Å²) >= 11 is 4.99. The third-order valence-electron chi connectivity index (χ3n) is 3.44. The maximum Gasteiger partial charge on any atom is 0.263 e. The van der Waals surface area contributed by atoms with Gasteiger partial charge in [-0.3, -0.25) is 4.79 Å². The first-order chi connectivity index (χ1) is 8.47. The minimum absolute atomic E-state index is 0.142. The average Bonchev–Trinajstić information content (AvgIpc) is 2.85. The third kappa shape index (κ3) is 3.13. The van der Waals surface area contributed by atoms with Crippen LogP contribution in [0.3, 0.4) is 0 Å². The number of hydrogen-bond donors (Lipinski definition) is 0. The van der Waals surface area contributed by atoms with Crippen molar-refractivity contribution in [3.05, 3.63) is 20.3 Å². The van der Waals surface area contributed by atoms with Crippen molar-refractivity contribution < 1.29 is 4.79 Å². The lowest BCUT2D eigenvalue weighted by molar-refractivity contribution is 0.0779. The molecule has 0 radical (unpaired) electrons. The molecule has 0 spiro atoms. The Morgan fingerprint density at radius 2 is 2.39 bits per heavy atom. The van der Waals surface area contributed by atoms with E-state index in [4.69, 9.17) is 0 Å². The predicted octanol–water partition coefficient (Wildman–Crippen LogP) is 2.84. The number of thiophene rings is 1. The van der Waals surface area contributed by atoms with Crippen LogP contribution in [0.5, 0.6) is 0 Å². The molecule has 18 heavy (non-hydrogen) atoms. The Morgan fingerprint density at radius 3 is 2.89 bits per heavy atom. The van der Waals surface area contributed by atoms with Crippen molar-refractivity contribution in [3.63, 3.8) is 0 Å². The molecule has 3 nitrogen and oxygen atoms in total. The first-order valence-corrected chi connectivity index (χ1v) is 7.78. The zero-order chi connectivity index (χ0) is 13.3. The average molecular weight is 331 g/mol. The van der Waals surface area contributed by atoms with Gasteiger partial charge in [0.25, 0.3) is 5.91 Å². The molecule has 1 aromatic rings. The molecule has 1 atom stereocenters. The largest absolute Gasteiger partial charge is 0.341 e. The first kappa shape index (κ1) is 14.0. The highest BCUT2D eigenvalue weighted by Gasteiger charge is 2.23. The standard InChI is InChI=1S/C13H19BrN2OS/c1-9-6-11(18-12(9)14)13(17)16(3)8-10-4-5-15(2)7-10/h6,10H,4-5,7-8H2,1-3H3. The van der Waals surface area contributed by atoms with Crippen molar-refractivity contribution in [2.45, 2.75) is 13.3 Å². The van der Waals surface area contributed by atoms with Crippen LogP contribution < -0.4 is 0 Å². The highest BCUT2D eigenvalue weighted by molar-refractivity contribution is 9.11. The maximum atomic E-state index is 12.3. The molecule has 1 amide bonds. The Balaban J connectivity index is 1.96. The van der Waals surface area contributed by atoms with Crippen molar-refractivity contribution >= 4 is 33.2 Å². The molecule has 0 bridgehead atoms. The topological polar surface area (TPSA) is 23.6 Å². The smallest absolute Gasteiger partial charge is 0.263 e. The Labute approximate surface area is 121 Å². The van der Waals surface area contributed by atoms with E-state index in [1.807, 2.05) is 24.9 Å². The lowest BCUT2D eigenvalue weighted by Gasteiger charge is -2.20. The quantitative estimate of drug-likeness (QED) is 0.850. The van der Waals surface area contributed by atoms with Crippen LogP contribution in [0.2, 0.25) is 0 Å². The van der Waals surface area contributed by atoms with Crippen molar-refractivity contribution in [2.75, 3.05) is 33.7 Å². The van der Waals surface area contributed by atoms with Crippen LogP contribution in [-0.4, -0.2) is 49.4 Å². The van der Waals surface area contributed by atoms with Gasteiger partial charge < -0.3 is 9.80 Å². The molecule has 1 aromatic heterocycles. The van der Waals surface area contributed by atoms with Crippen molar-refractivity contribution in [3.8, 4) is 0 Å². The summed E-state index contributed by atoms with van der Waals surface area (Å²) in [4.78, 5) is 17.3. The van der Waals surface area contributed by atoms with Crippen LogP contribution >= 0.6 is 27.3 Å². The van der Waals surface area contributed by atoms with Crippen molar-refractivity contribution in [1.29, 1.82) is 0 Å². The molecule has 1 saturated heterocycles. The molecule has 1 fully saturated rings. The predicted molar refractivity (Wildman–Crippen MR) is 79.3 cm³/mol. The minimum atomic E-state index is 0.142. The van der Waals surface area contributed by atoms with Gasteiger partial charge in [-0.05, 0) is 60.4 Å². The third-order valence-corrected chi connectivity index (χ3v) is 5.56. The number of aryl methyl sites for hydroxylation is 1. The van der Waals surface area contributed by atoms with E-state index in [1.54, 1.807) is 0 Å². The van der Waals surface area contributed by atoms with Gasteiger partial charge in [0.05, 0.1) is 8.66 Å². The summed E-state index contributed by atoms with van der Waals surface area (Å²) in [5.74, 6) is 0.761. The molecule has 2 rings (SSSR count). The second kappa shape index (κ2) is 5.72. The van der Waals surface area contributed by atoms with Crippen LogP contribution in [0.25, 0.3) is 0 Å². The molecular weight excluding hydrogens is 312 g/mol. The van der Waals surface area contributed by atoms with Crippen LogP contribution in [0.4, 0.5) is 0 Å². The first-order valence-electron chi connectivity index (χ1n) is 6.17. The van der Waals surface area contributed by atoms with E-state index in [0.29, 0.717) is 5.92 Å². The molecule has 100 valence electrons. The normalized spacial score (nSPS) is 20.3. The number of halogens is 1. The van der Waals surface area contributed by atoms with Gasteiger partial charge in [-0.25, -0.2) is 0 Å². The van der Waals surface area contributed by atoms with E-state index in [-0.39, 0.29) is 5.91 Å². The second-order valence-electron chi connectivity index (χ2n) is 5.17. The summed E-state index contributed by atoms with van der Waals surface area (Å²) in [6.45, 7) is 5.13. The Morgan fingerprint density at radius 1 is 1.67 bits per heavy atom. The molecule has 0 N–H and O–H groups in total. The minimum Gasteiger partial charge on any atom is -0.341 e. The molecule has 0 aliphatic carbocycles. The summed E-state index contributed by atoms with van der Waals surface area (Å²) in [5, 5.41) is 0. The van der Waals surface area contributed by atoms with Gasteiger partial charge in [-0.1, -0.05) is 0 Å². The lowest BCUT2D eigenvalue weighted by atomic mass is 10.1. The summed E-state index contributed by atoms with van der Waals surface area (Å²) in [6.07, 6.45) is 1.20. The van der Waals surface area contributed by atoms with E-state index in [1.165, 1.54) is 17.8 Å². The SMILES string of the molecule is Cc1cc(C(=O)N(C)CC2CCN(C)C2)sc1Br. The molecule has 1 aliphatic heterocycles. The van der Waals surface area contributed by atoms with Crippen LogP contribution in [-0.2, 0) is 0 Å². The zero-order valence-electron chi connectivity index (χ0n) is 11.1. The number of nitrogens with zero attached hydrogens (tertiary/aromatic N) is 2. The van der Waals surface area contributed by atoms with Crippen molar-refractivity contribution in [2.24, 2.45) is 5.92 Å². The molecule has 0 aromatic carbocycles. The fraction of sp³-hybridized carbons (Fsp3) is 0.615. The number of amides is 1. The van der Waals surface area contributed by atoms with Gasteiger partial charge in [-0.15, -0.1) is 11.3 Å². The maximum absolute atomic E-state index is 12.3. The molecule has 5 heteroatoms. The van der Waals surface area contributed by atoms with E-state index in [9.17, 15) is 4.79 Å². The van der Waals surface area contributed by atoms with Crippen LogP contribution in [0.1, 0.15) is 21.7 Å². The fourth-order valence-corrected chi connectivity index (χ4v) is 3.93. The highest BCUT2D eigenvalue weighted by atomic mass is 79.9. The van der Waals surface area contributed by atoms with Gasteiger partial charge in [0.1, 0.15) is 0 Å². The van der Waals surface area contributed by atoms with E-state index >= 15 is 0 Å². The highest BCUT2D eigenvalue weighted by Crippen LogP contribution is 2.28. The molecule has 0 saturated carbocycles. The fourth-order valence-electron chi connectivity index (χ4n) is 2.40. The van der Waals surface area contributed by atoms with Gasteiger partial charge in [0.15, 0.2) is 0 Å². The number of hydrogen-bond acceptors (Lipinski definition) is 3. The van der Waals surface area contributed by atoms with Gasteiger partial charge in [-0.2, -0.15) is 0 Å². The zero-order valence-corrected chi connectivity index (χ0v) is 13.5. The number of likely N-dealkylation sites (tertiary alicyclic amines) is 1. The van der Waals surface area contributed by atoms with Gasteiger partial charge in [0, 0.05) is 20.1 Å². The molecule has 2 heterocycles. The monoisotopic (exact) mass is 330 g/mol. The summed E-state index contributed by atoms with van der Waals surface area (Å²) < 4.78 is 1.06. The molecular formula is C13H19BrN2OS. The number of rotatable bonds is 3. The van der Waals surface area contributed by atoms with Gasteiger partial charge >= 0.3 is 0 Å². The van der Waals surface area contributed by atoms with Crippen LogP contribution in [0, 0.1) is 12.8 Å². The summed E-state index contributed by atoms with van der Waals surface area (Å²) in [5.41, 5.74) is 1.14. The second-order valence-corrected chi connectivity index (χ2v) is 7.54. The summed E-state index contributed by atoms with van der Waals surface area (Å²) in [6, 6.07) is 1.97. The number of carbonyl (C=O) groups excluding carboxylic acids is 1. The van der Waals surface area contributed by atoms with Crippen molar-refractivity contribution in [1.82, 2.24) is 9.80 Å². The van der Waals surface area contributed by atoms with E-state index in [0.717, 1.165) is 33.9 Å². The molecule has 1 unspecified atom stereocenters. The van der Waals surface area contributed by atoms with E-state index in [2.05, 4.69) is 27.9 Å². The number of carbonyl (C=O) groups is 1. The lowest BCUT2D eigenvalue weighted by Crippen LogP contribution is -2.32. The van der Waals surface area contributed by atoms with Gasteiger partial charge in [0.2, 0.25) is 0 Å². The van der Waals surface area contributed by atoms with E-state index < -0.39 is 0 Å². The Hall–Kier alpha value is -0.390. The summed E-state index contributed by atoms with van der Waals surface area (Å²) in [7, 11) is 4.05. The van der Waals surface area contributed by atoms with Crippen LogP contribution in [0.15, 0.2) is 9.85 Å². The Kier molecular flexibility index (Phi) is 4.45.